The van der Waals surface area contributed by atoms with E-state index < -0.39 is 22.7 Å². The van der Waals surface area contributed by atoms with Crippen molar-refractivity contribution in [1.82, 2.24) is 29.9 Å². The summed E-state index contributed by atoms with van der Waals surface area (Å²) in [5.74, 6) is 2.85. The largest absolute Gasteiger partial charge is 1.00 e. The van der Waals surface area contributed by atoms with Gasteiger partial charge in [-0.1, -0.05) is 12.2 Å². The Bertz CT molecular complexity index is 3600. The third kappa shape index (κ3) is 50.5. The Hall–Kier alpha value is -5.94. The molecule has 126 heavy (non-hydrogen) atoms. The number of hydrogen-bond acceptors (Lipinski definition) is 40. The fourth-order valence-electron chi connectivity index (χ4n) is 11.5. The van der Waals surface area contributed by atoms with Crippen LogP contribution >= 0.6 is 0 Å². The molecule has 4 aromatic carbocycles. The van der Waals surface area contributed by atoms with Gasteiger partial charge in [0.1, 0.15) is 58.9 Å². The van der Waals surface area contributed by atoms with Crippen molar-refractivity contribution in [2.75, 3.05) is 322 Å². The number of rotatable bonds is 76. The molecule has 2 fully saturated rings. The molecule has 2 aliphatic rings. The van der Waals surface area contributed by atoms with Crippen LogP contribution in [-0.2, 0) is 108 Å². The number of benzene rings is 4. The van der Waals surface area contributed by atoms with Gasteiger partial charge >= 0.3 is 59.1 Å². The molecular weight excluding hydrogens is 1710 g/mol. The average Bonchev–Trinajstić information content (AvgIpc) is 0.819. The maximum Gasteiger partial charge on any atom is 1.00 e. The van der Waals surface area contributed by atoms with Crippen LogP contribution in [0.25, 0.3) is 12.2 Å². The standard InChI is InChI=1S/C82H124N12O28S2.2Na/c95-25-27-101-29-31-103-33-35-105-37-39-107-41-43-109-45-47-111-49-51-113-53-55-115-57-59-117-61-63-119-73-17-13-69(14-18-73)83-77-87-79(91-81(89-77)93-21-3-1-4-22-93)85-71-11-9-67(75(65-71)121-123(97)98)7-8-68-10-12-72(66-76(68)122-124(99)100)86-80-88-78(90-82(92-80)94-23-5-2-6-24-94)84-70-15-19-74(20-16-70)120-64-62-118-60-58-116-56-54-114-52-50-112-48-46-110-44-42-108-40-38-106-36-34-104-32-30-102-28-26-96;;/h7-20,65-66,95-96H,1-6,21-64H2,(H,97,98)(H,99,100)(H2,83,85,87,89,91)(H2,84,86,88,90,92);;/q;2*+1/p-2/b8-7+;;. The number of aromatic nitrogens is 6. The van der Waals surface area contributed by atoms with Crippen molar-refractivity contribution in [3.63, 3.8) is 0 Å². The van der Waals surface area contributed by atoms with E-state index in [0.717, 1.165) is 64.7 Å². The summed E-state index contributed by atoms with van der Waals surface area (Å²) >= 11 is -6.00. The van der Waals surface area contributed by atoms with Gasteiger partial charge in [-0.25, -0.2) is 8.42 Å². The van der Waals surface area contributed by atoms with E-state index in [4.69, 9.17) is 133 Å². The maximum atomic E-state index is 12.2. The first-order valence-electron chi connectivity index (χ1n) is 41.8. The summed E-state index contributed by atoms with van der Waals surface area (Å²) in [6.45, 7) is 19.2. The van der Waals surface area contributed by atoms with Crippen molar-refractivity contribution < 1.29 is 190 Å². The number of hydrogen-bond donors (Lipinski definition) is 6. The van der Waals surface area contributed by atoms with Gasteiger partial charge in [0.05, 0.1) is 251 Å². The molecule has 2 aliphatic heterocycles. The molecule has 0 saturated carbocycles. The fraction of sp³-hybridized carbons (Fsp3) is 0.610. The van der Waals surface area contributed by atoms with E-state index >= 15 is 0 Å². The zero-order chi connectivity index (χ0) is 86.8. The third-order valence-corrected chi connectivity index (χ3v) is 18.1. The van der Waals surface area contributed by atoms with Gasteiger partial charge in [0.15, 0.2) is 0 Å². The van der Waals surface area contributed by atoms with Gasteiger partial charge in [-0.2, -0.15) is 29.9 Å². The molecule has 2 saturated heterocycles. The molecule has 2 aromatic heterocycles. The number of anilines is 10. The van der Waals surface area contributed by atoms with Crippen molar-refractivity contribution >= 4 is 93.3 Å². The van der Waals surface area contributed by atoms with E-state index in [1.807, 2.05) is 48.5 Å². The summed E-state index contributed by atoms with van der Waals surface area (Å²) < 4.78 is 170. The van der Waals surface area contributed by atoms with Crippen LogP contribution in [0.15, 0.2) is 84.9 Å². The van der Waals surface area contributed by atoms with Crippen LogP contribution in [0.1, 0.15) is 49.7 Å². The minimum Gasteiger partial charge on any atom is -0.740 e. The molecule has 0 spiro atoms. The van der Waals surface area contributed by atoms with Gasteiger partial charge in [0.25, 0.3) is 0 Å². The second-order valence-electron chi connectivity index (χ2n) is 26.8. The van der Waals surface area contributed by atoms with Crippen molar-refractivity contribution in [1.29, 1.82) is 0 Å². The van der Waals surface area contributed by atoms with E-state index in [1.165, 1.54) is 12.1 Å². The van der Waals surface area contributed by atoms with E-state index in [0.29, 0.717) is 308 Å². The Morgan fingerprint density at radius 3 is 0.738 bits per heavy atom. The molecule has 6 aromatic rings. The van der Waals surface area contributed by atoms with E-state index in [1.54, 1.807) is 36.4 Å². The summed E-state index contributed by atoms with van der Waals surface area (Å²) in [6.07, 6.45) is 9.12. The predicted octanol–water partition coefficient (Wildman–Crippen LogP) is 0.577. The number of nitrogens with zero attached hydrogens (tertiary/aromatic N) is 8. The molecule has 6 N–H and O–H groups in total. The van der Waals surface area contributed by atoms with Gasteiger partial charge in [-0.3, -0.25) is 0 Å². The van der Waals surface area contributed by atoms with Crippen LogP contribution in [0, 0.1) is 0 Å². The molecule has 4 heterocycles. The Balaban J connectivity index is 0.0000123. The minimum atomic E-state index is -3.00. The Labute approximate surface area is 786 Å². The summed E-state index contributed by atoms with van der Waals surface area (Å²) in [5, 5.41) is 30.3. The molecule has 0 aliphatic carbocycles. The van der Waals surface area contributed by atoms with Crippen LogP contribution < -0.4 is 108 Å². The molecule has 2 atom stereocenters. The molecule has 2 unspecified atom stereocenters. The van der Waals surface area contributed by atoms with Crippen LogP contribution in [0.3, 0.4) is 0 Å². The number of aliphatic hydroxyl groups is 2. The smallest absolute Gasteiger partial charge is 0.740 e. The molecule has 0 bridgehead atoms. The summed E-state index contributed by atoms with van der Waals surface area (Å²) in [7, 11) is 0. The van der Waals surface area contributed by atoms with Crippen molar-refractivity contribution in [3.8, 4) is 23.0 Å². The van der Waals surface area contributed by atoms with Crippen LogP contribution in [-0.4, -0.2) is 348 Å². The van der Waals surface area contributed by atoms with E-state index in [-0.39, 0.29) is 108 Å². The second-order valence-corrected chi connectivity index (χ2v) is 27.9. The SMILES string of the molecule is O=S([O-])Oc1cc(Nc2nc(Nc3ccc(OCCOCCOCCOCCOCCOCCOCCOCCOCCOCCO)cc3)nc(N3CCCCC3)n2)ccc1/C=C/c1ccc(Nc2nc(Nc3ccc(OCCOCCOCCOCCOCCOCCOCCOCCOCCOCCO)cc3)nc(N3CCCCC3)n2)cc1OS(=O)[O-].[Na+].[Na+]. The van der Waals surface area contributed by atoms with Crippen molar-refractivity contribution in [2.24, 2.45) is 0 Å². The van der Waals surface area contributed by atoms with Crippen LogP contribution in [0.2, 0.25) is 0 Å². The van der Waals surface area contributed by atoms with E-state index in [2.05, 4.69) is 41.0 Å². The topological polar surface area (TPSA) is 456 Å². The second kappa shape index (κ2) is 71.8. The summed E-state index contributed by atoms with van der Waals surface area (Å²) in [5.41, 5.74) is 2.74. The molecular formula is C82H122N12Na2O28S2. The fourth-order valence-corrected chi connectivity index (χ4v) is 12.0. The van der Waals surface area contributed by atoms with Crippen molar-refractivity contribution in [3.05, 3.63) is 96.1 Å². The normalized spacial score (nSPS) is 13.3. The minimum absolute atomic E-state index is 0. The Morgan fingerprint density at radius 2 is 0.508 bits per heavy atom. The maximum absolute atomic E-state index is 12.2. The third-order valence-electron chi connectivity index (χ3n) is 17.5. The predicted molar refractivity (Wildman–Crippen MR) is 459 cm³/mol. The zero-order valence-electron chi connectivity index (χ0n) is 72.5. The monoisotopic (exact) mass is 1830 g/mol. The summed E-state index contributed by atoms with van der Waals surface area (Å²) in [4.78, 5) is 32.6. The van der Waals surface area contributed by atoms with Gasteiger partial charge in [0.2, 0.25) is 35.7 Å². The van der Waals surface area contributed by atoms with Crippen molar-refractivity contribution in [2.45, 2.75) is 38.5 Å². The summed E-state index contributed by atoms with van der Waals surface area (Å²) in [6, 6.07) is 24.2. The van der Waals surface area contributed by atoms with Gasteiger partial charge < -0.3 is 153 Å². The molecule has 40 nitrogen and oxygen atoms in total. The number of piperidine rings is 2. The molecule has 44 heteroatoms. The van der Waals surface area contributed by atoms with Gasteiger partial charge in [0, 0.05) is 72.2 Å². The Kier molecular flexibility index (Phi) is 62.0. The molecule has 8 rings (SSSR count). The first-order valence-corrected chi connectivity index (χ1v) is 43.8. The first kappa shape index (κ1) is 109. The molecule has 692 valence electrons. The van der Waals surface area contributed by atoms with Crippen LogP contribution in [0.4, 0.5) is 58.4 Å². The van der Waals surface area contributed by atoms with Crippen LogP contribution in [0.5, 0.6) is 23.0 Å². The number of nitrogens with one attached hydrogen (secondary N) is 4. The molecule has 0 radical (unpaired) electrons. The van der Waals surface area contributed by atoms with Gasteiger partial charge in [-0.15, -0.1) is 0 Å². The molecule has 0 amide bonds. The average molecular weight is 1830 g/mol. The van der Waals surface area contributed by atoms with Gasteiger partial charge in [-0.05, 0) is 111 Å². The Morgan fingerprint density at radius 1 is 0.294 bits per heavy atom. The van der Waals surface area contributed by atoms with E-state index in [9.17, 15) is 17.5 Å². The number of aliphatic hydroxyl groups excluding tert-OH is 2. The zero-order valence-corrected chi connectivity index (χ0v) is 78.1. The first-order chi connectivity index (χ1) is 61.2. The quantitative estimate of drug-likeness (QED) is 0.0132. The number of ether oxygens (including phenoxy) is 20.